The molecule has 4 aromatic rings. The van der Waals surface area contributed by atoms with E-state index in [2.05, 4.69) is 110 Å². The Kier molecular flexibility index (Phi) is 43.3. The van der Waals surface area contributed by atoms with E-state index in [0.717, 1.165) is 179 Å². The highest BCUT2D eigenvalue weighted by Gasteiger charge is 2.30. The average Bonchev–Trinajstić information content (AvgIpc) is 0.852. The maximum absolute atomic E-state index is 12.9. The van der Waals surface area contributed by atoms with Crippen molar-refractivity contribution >= 4 is 53.2 Å². The summed E-state index contributed by atoms with van der Waals surface area (Å²) in [4.78, 5) is 132. The van der Waals surface area contributed by atoms with Gasteiger partial charge in [-0.1, -0.05) is 181 Å². The Labute approximate surface area is 698 Å². The minimum Gasteiger partial charge on any atom is -0.355 e. The van der Waals surface area contributed by atoms with Crippen LogP contribution in [0.5, 0.6) is 0 Å². The van der Waals surface area contributed by atoms with Crippen molar-refractivity contribution in [2.75, 3.05) is 191 Å². The SMILES string of the molecule is C.C.CC(=O)NCCN1CCN(C(=O)c2cccc(CNC(=O)C(C)(C)C)c2)CC1.CC(C)(C)CNCCN1CCN(C(=O)c2cccc(CNC(=O)C(C)(C)C)c2)CC1.CCN(CC)CCN1CCN(C(=O)c2cccc(CNC(=O)C(C)(C)C)c2)CC1.CN(C)CCN1CCN(C(=O)c2cccc(CNC(=O)C(C)(C)C)c2)CC1. The molecule has 0 bridgehead atoms. The van der Waals surface area contributed by atoms with E-state index in [-0.39, 0.29) is 68.0 Å². The summed E-state index contributed by atoms with van der Waals surface area (Å²) in [6, 6.07) is 30.2. The summed E-state index contributed by atoms with van der Waals surface area (Å²) >= 11 is 0. The van der Waals surface area contributed by atoms with Crippen molar-refractivity contribution in [2.45, 2.75) is 166 Å². The number of hydrogen-bond donors (Lipinski definition) is 6. The Morgan fingerprint density at radius 2 is 0.595 bits per heavy atom. The first-order valence-electron chi connectivity index (χ1n) is 41.4. The Balaban J connectivity index is 0.000000398. The number of carbonyl (C=O) groups excluding carboxylic acids is 9. The summed E-state index contributed by atoms with van der Waals surface area (Å²) in [6.07, 6.45) is 0. The van der Waals surface area contributed by atoms with E-state index in [1.807, 2.05) is 200 Å². The molecule has 0 radical (unpaired) electrons. The second-order valence-corrected chi connectivity index (χ2v) is 36.1. The molecule has 9 amide bonds. The fourth-order valence-corrected chi connectivity index (χ4v) is 12.7. The zero-order valence-electron chi connectivity index (χ0n) is 73.3. The molecule has 0 spiro atoms. The molecular formula is C91H152N16O9. The number of hydrogen-bond acceptors (Lipinski definition) is 16. The van der Waals surface area contributed by atoms with E-state index in [9.17, 15) is 43.2 Å². The zero-order chi connectivity index (χ0) is 84.6. The van der Waals surface area contributed by atoms with Crippen LogP contribution in [0.4, 0.5) is 0 Å². The second kappa shape index (κ2) is 49.3. The van der Waals surface area contributed by atoms with E-state index in [0.29, 0.717) is 73.5 Å². The number of amides is 9. The molecule has 4 fully saturated rings. The van der Waals surface area contributed by atoms with Gasteiger partial charge in [-0.25, -0.2) is 0 Å². The minimum absolute atomic E-state index is 0. The zero-order valence-corrected chi connectivity index (χ0v) is 73.3. The molecule has 4 heterocycles. The largest absolute Gasteiger partial charge is 0.355 e. The number of rotatable bonds is 27. The number of carbonyl (C=O) groups is 9. The number of benzene rings is 4. The van der Waals surface area contributed by atoms with Gasteiger partial charge in [-0.15, -0.1) is 0 Å². The fraction of sp³-hybridized carbons (Fsp3) is 0.637. The molecule has 25 nitrogen and oxygen atoms in total. The Morgan fingerprint density at radius 1 is 0.345 bits per heavy atom. The van der Waals surface area contributed by atoms with Crippen LogP contribution in [0.2, 0.25) is 0 Å². The normalized spacial score (nSPS) is 15.4. The summed E-state index contributed by atoms with van der Waals surface area (Å²) in [5, 5.41) is 18.1. The van der Waals surface area contributed by atoms with Crippen LogP contribution in [0.15, 0.2) is 97.1 Å². The molecule has 116 heavy (non-hydrogen) atoms. The highest BCUT2D eigenvalue weighted by Crippen LogP contribution is 2.21. The molecular weight excluding hydrogens is 1460 g/mol. The van der Waals surface area contributed by atoms with Crippen LogP contribution in [0.25, 0.3) is 0 Å². The fourth-order valence-electron chi connectivity index (χ4n) is 12.7. The van der Waals surface area contributed by atoms with Gasteiger partial charge >= 0.3 is 0 Å². The van der Waals surface area contributed by atoms with Gasteiger partial charge in [0.2, 0.25) is 29.5 Å². The van der Waals surface area contributed by atoms with Crippen LogP contribution in [0.1, 0.15) is 203 Å². The molecule has 4 saturated heterocycles. The van der Waals surface area contributed by atoms with Crippen molar-refractivity contribution in [2.24, 2.45) is 27.1 Å². The van der Waals surface area contributed by atoms with Gasteiger partial charge in [0.1, 0.15) is 0 Å². The number of nitrogens with one attached hydrogen (secondary N) is 6. The third-order valence-corrected chi connectivity index (χ3v) is 20.4. The lowest BCUT2D eigenvalue weighted by molar-refractivity contribution is -0.129. The molecule has 25 heteroatoms. The summed E-state index contributed by atoms with van der Waals surface area (Å²) in [5.41, 5.74) is 5.10. The van der Waals surface area contributed by atoms with Gasteiger partial charge in [-0.05, 0) is 103 Å². The van der Waals surface area contributed by atoms with Gasteiger partial charge < -0.3 is 61.3 Å². The topological polar surface area (TPSA) is 258 Å². The maximum atomic E-state index is 12.9. The van der Waals surface area contributed by atoms with Gasteiger partial charge in [0.25, 0.3) is 23.6 Å². The first kappa shape index (κ1) is 102. The van der Waals surface area contributed by atoms with E-state index >= 15 is 0 Å². The van der Waals surface area contributed by atoms with Crippen LogP contribution in [0.3, 0.4) is 0 Å². The Morgan fingerprint density at radius 3 is 0.828 bits per heavy atom. The van der Waals surface area contributed by atoms with Crippen LogP contribution in [-0.2, 0) is 50.2 Å². The molecule has 4 aromatic carbocycles. The first-order valence-corrected chi connectivity index (χ1v) is 41.4. The van der Waals surface area contributed by atoms with Crippen LogP contribution < -0.4 is 31.9 Å². The van der Waals surface area contributed by atoms with Gasteiger partial charge in [0.05, 0.1) is 0 Å². The lowest BCUT2D eigenvalue weighted by Crippen LogP contribution is -2.50. The van der Waals surface area contributed by atoms with E-state index in [1.54, 1.807) is 0 Å². The van der Waals surface area contributed by atoms with Crippen molar-refractivity contribution < 1.29 is 43.2 Å². The average molecular weight is 1610 g/mol. The summed E-state index contributed by atoms with van der Waals surface area (Å²) < 4.78 is 0. The number of likely N-dealkylation sites (N-methyl/N-ethyl adjacent to an activating group) is 2. The molecule has 8 rings (SSSR count). The lowest BCUT2D eigenvalue weighted by atomic mass is 9.95. The number of piperazine rings is 4. The van der Waals surface area contributed by atoms with Gasteiger partial charge in [-0.3, -0.25) is 62.8 Å². The lowest BCUT2D eigenvalue weighted by Gasteiger charge is -2.35. The van der Waals surface area contributed by atoms with Crippen LogP contribution >= 0.6 is 0 Å². The third kappa shape index (κ3) is 37.6. The molecule has 0 aromatic heterocycles. The predicted molar refractivity (Wildman–Crippen MR) is 471 cm³/mol. The Hall–Kier alpha value is -8.17. The van der Waals surface area contributed by atoms with Gasteiger partial charge in [0.15, 0.2) is 0 Å². The predicted octanol–water partition coefficient (Wildman–Crippen LogP) is 9.37. The van der Waals surface area contributed by atoms with Gasteiger partial charge in [-0.2, -0.15) is 0 Å². The highest BCUT2D eigenvalue weighted by molar-refractivity contribution is 5.96. The van der Waals surface area contributed by atoms with Gasteiger partial charge in [0, 0.05) is 241 Å². The molecule has 0 unspecified atom stereocenters. The first-order chi connectivity index (χ1) is 53.5. The molecule has 0 saturated carbocycles. The van der Waals surface area contributed by atoms with Crippen molar-refractivity contribution in [3.05, 3.63) is 142 Å². The van der Waals surface area contributed by atoms with Crippen LogP contribution in [0, 0.1) is 27.1 Å². The standard InChI is InChI=1S/C24H40N4O2.C23H38N4O2.C21H32N4O3.C21H34N4O2.2CH4/c1-23(2,3)18-25-10-11-27-12-14-28(15-13-27)21(29)20-9-7-8-19(16-20)17-26-22(30)24(4,5)6;1-6-25(7-2)11-12-26-13-15-27(16-14-26)21(28)20-10-8-9-19(17-20)18-24-22(29)23(3,4)5;1-16(26)22-8-9-24-10-12-25(13-11-24)19(27)18-7-5-6-17(14-18)15-23-20(28)21(2,3)4;1-21(2,3)20(27)22-16-17-7-6-8-18(15-17)19(26)25-13-11-24(12-14-25)10-9-23(4)5;;/h7-9,16,25H,10-15,17-18H2,1-6H3,(H,26,30);8-10,17H,6-7,11-16,18H2,1-5H3,(H,24,29);5-7,14H,8-13,15H2,1-4H3,(H,22,26)(H,23,28);6-8,15H,9-14,16H2,1-5H3,(H,22,27);2*1H4. The van der Waals surface area contributed by atoms with E-state index < -0.39 is 21.7 Å². The minimum atomic E-state index is -0.437. The summed E-state index contributed by atoms with van der Waals surface area (Å²) in [6.45, 7) is 60.8. The summed E-state index contributed by atoms with van der Waals surface area (Å²) in [7, 11) is 4.16. The molecule has 6 N–H and O–H groups in total. The monoisotopic (exact) mass is 1610 g/mol. The van der Waals surface area contributed by atoms with Crippen molar-refractivity contribution in [3.8, 4) is 0 Å². The second-order valence-electron chi connectivity index (χ2n) is 36.1. The quantitative estimate of drug-likeness (QED) is 0.0304. The van der Waals surface area contributed by atoms with E-state index in [1.165, 1.54) is 6.92 Å². The molecule has 4 aliphatic rings. The van der Waals surface area contributed by atoms with Crippen LogP contribution in [-0.4, -0.2) is 293 Å². The summed E-state index contributed by atoms with van der Waals surface area (Å²) in [5.74, 6) is 0.237. The third-order valence-electron chi connectivity index (χ3n) is 20.4. The van der Waals surface area contributed by atoms with Crippen molar-refractivity contribution in [3.63, 3.8) is 0 Å². The van der Waals surface area contributed by atoms with Crippen molar-refractivity contribution in [1.29, 1.82) is 0 Å². The Bertz CT molecular complexity index is 3680. The van der Waals surface area contributed by atoms with Crippen molar-refractivity contribution in [1.82, 2.24) is 80.9 Å². The maximum Gasteiger partial charge on any atom is 0.253 e. The molecule has 4 aliphatic heterocycles. The molecule has 650 valence electrons. The number of nitrogens with zero attached hydrogens (tertiary/aromatic N) is 10. The molecule has 0 aliphatic carbocycles. The smallest absolute Gasteiger partial charge is 0.253 e. The molecule has 0 atom stereocenters. The van der Waals surface area contributed by atoms with E-state index in [4.69, 9.17) is 0 Å². The highest BCUT2D eigenvalue weighted by atomic mass is 16.2.